The first-order valence-electron chi connectivity index (χ1n) is 6.33. The molecule has 0 saturated heterocycles. The lowest BCUT2D eigenvalue weighted by molar-refractivity contribution is 0.353. The van der Waals surface area contributed by atoms with Gasteiger partial charge in [-0.3, -0.25) is 4.68 Å². The van der Waals surface area contributed by atoms with Gasteiger partial charge >= 0.3 is 0 Å². The summed E-state index contributed by atoms with van der Waals surface area (Å²) < 4.78 is 1.97. The minimum Gasteiger partial charge on any atom is -0.317 e. The van der Waals surface area contributed by atoms with Gasteiger partial charge in [0.25, 0.3) is 0 Å². The summed E-state index contributed by atoms with van der Waals surface area (Å²) in [6.45, 7) is 4.60. The minimum absolute atomic E-state index is 0.620. The first kappa shape index (κ1) is 13.2. The summed E-state index contributed by atoms with van der Waals surface area (Å²) in [5.74, 6) is 0.753. The second kappa shape index (κ2) is 6.69. The molecule has 1 aromatic rings. The first-order valence-corrected chi connectivity index (χ1v) is 6.33. The largest absolute Gasteiger partial charge is 0.317 e. The molecule has 0 aromatic carbocycles. The highest BCUT2D eigenvalue weighted by Crippen LogP contribution is 2.15. The Balaban J connectivity index is 2.42. The van der Waals surface area contributed by atoms with Gasteiger partial charge in [-0.05, 0) is 38.3 Å². The van der Waals surface area contributed by atoms with Gasteiger partial charge < -0.3 is 5.32 Å². The Morgan fingerprint density at radius 1 is 1.44 bits per heavy atom. The van der Waals surface area contributed by atoms with E-state index in [0.717, 1.165) is 12.3 Å². The maximum absolute atomic E-state index is 4.20. The zero-order valence-electron chi connectivity index (χ0n) is 11.0. The summed E-state index contributed by atoms with van der Waals surface area (Å²) in [6.07, 6.45) is 6.74. The summed E-state index contributed by atoms with van der Waals surface area (Å²) in [5.41, 5.74) is 1.32. The molecule has 16 heavy (non-hydrogen) atoms. The van der Waals surface area contributed by atoms with Crippen LogP contribution in [0.3, 0.4) is 0 Å². The van der Waals surface area contributed by atoms with E-state index in [9.17, 15) is 0 Å². The number of aromatic nitrogens is 2. The van der Waals surface area contributed by atoms with Crippen LogP contribution in [0.25, 0.3) is 0 Å². The van der Waals surface area contributed by atoms with E-state index in [1.54, 1.807) is 0 Å². The van der Waals surface area contributed by atoms with Crippen molar-refractivity contribution in [1.82, 2.24) is 15.1 Å². The molecule has 2 unspecified atom stereocenters. The van der Waals surface area contributed by atoms with E-state index in [2.05, 4.69) is 37.4 Å². The molecule has 0 aliphatic rings. The second-order valence-corrected chi connectivity index (χ2v) is 4.65. The normalized spacial score (nSPS) is 15.0. The molecule has 1 rings (SSSR count). The Labute approximate surface area is 99.2 Å². The predicted octanol–water partition coefficient (Wildman–Crippen LogP) is 2.38. The van der Waals surface area contributed by atoms with Crippen molar-refractivity contribution in [2.24, 2.45) is 13.0 Å². The predicted molar refractivity (Wildman–Crippen MR) is 68.4 cm³/mol. The van der Waals surface area contributed by atoms with Crippen molar-refractivity contribution in [2.75, 3.05) is 7.05 Å². The lowest BCUT2D eigenvalue weighted by atomic mass is 9.93. The highest BCUT2D eigenvalue weighted by Gasteiger charge is 2.14. The van der Waals surface area contributed by atoms with E-state index < -0.39 is 0 Å². The Kier molecular flexibility index (Phi) is 5.53. The van der Waals surface area contributed by atoms with Gasteiger partial charge in [0.1, 0.15) is 0 Å². The van der Waals surface area contributed by atoms with Crippen molar-refractivity contribution >= 4 is 0 Å². The van der Waals surface area contributed by atoms with Crippen molar-refractivity contribution < 1.29 is 0 Å². The SMILES string of the molecule is CCCC(C)C(CCc1ccnn1C)NC. The Morgan fingerprint density at radius 3 is 2.69 bits per heavy atom. The van der Waals surface area contributed by atoms with Gasteiger partial charge in [-0.15, -0.1) is 0 Å². The molecule has 0 saturated carbocycles. The van der Waals surface area contributed by atoms with Crippen LogP contribution in [0.1, 0.15) is 38.8 Å². The van der Waals surface area contributed by atoms with Gasteiger partial charge in [0.15, 0.2) is 0 Å². The van der Waals surface area contributed by atoms with Gasteiger partial charge in [-0.2, -0.15) is 5.10 Å². The second-order valence-electron chi connectivity index (χ2n) is 4.65. The molecule has 0 amide bonds. The molecule has 92 valence electrons. The number of aryl methyl sites for hydroxylation is 2. The van der Waals surface area contributed by atoms with Gasteiger partial charge in [-0.1, -0.05) is 20.3 Å². The quantitative estimate of drug-likeness (QED) is 0.769. The van der Waals surface area contributed by atoms with Crippen molar-refractivity contribution in [3.8, 4) is 0 Å². The van der Waals surface area contributed by atoms with Crippen molar-refractivity contribution in [1.29, 1.82) is 0 Å². The number of hydrogen-bond donors (Lipinski definition) is 1. The summed E-state index contributed by atoms with van der Waals surface area (Å²) in [4.78, 5) is 0. The zero-order valence-corrected chi connectivity index (χ0v) is 11.0. The van der Waals surface area contributed by atoms with Crippen molar-refractivity contribution in [3.05, 3.63) is 18.0 Å². The Bertz CT molecular complexity index is 293. The Hall–Kier alpha value is -0.830. The average Bonchev–Trinajstić information content (AvgIpc) is 2.66. The topological polar surface area (TPSA) is 29.9 Å². The molecule has 0 bridgehead atoms. The van der Waals surface area contributed by atoms with Crippen molar-refractivity contribution in [2.45, 2.75) is 45.6 Å². The van der Waals surface area contributed by atoms with Gasteiger partial charge in [-0.25, -0.2) is 0 Å². The van der Waals surface area contributed by atoms with Crippen LogP contribution in [-0.2, 0) is 13.5 Å². The van der Waals surface area contributed by atoms with Gasteiger partial charge in [0, 0.05) is 25.0 Å². The molecule has 1 N–H and O–H groups in total. The van der Waals surface area contributed by atoms with Crippen LogP contribution in [0.4, 0.5) is 0 Å². The van der Waals surface area contributed by atoms with Gasteiger partial charge in [0.2, 0.25) is 0 Å². The molecular weight excluding hydrogens is 198 g/mol. The number of rotatable bonds is 7. The summed E-state index contributed by atoms with van der Waals surface area (Å²) in [6, 6.07) is 2.73. The number of nitrogens with zero attached hydrogens (tertiary/aromatic N) is 2. The van der Waals surface area contributed by atoms with E-state index in [1.807, 2.05) is 17.9 Å². The van der Waals surface area contributed by atoms with Crippen LogP contribution in [-0.4, -0.2) is 22.9 Å². The summed E-state index contributed by atoms with van der Waals surface area (Å²) in [5, 5.41) is 7.64. The van der Waals surface area contributed by atoms with Crippen LogP contribution in [0, 0.1) is 5.92 Å². The van der Waals surface area contributed by atoms with E-state index in [-0.39, 0.29) is 0 Å². The van der Waals surface area contributed by atoms with Crippen molar-refractivity contribution in [3.63, 3.8) is 0 Å². The monoisotopic (exact) mass is 223 g/mol. The van der Waals surface area contributed by atoms with Gasteiger partial charge in [0.05, 0.1) is 0 Å². The lowest BCUT2D eigenvalue weighted by Crippen LogP contribution is -2.32. The third kappa shape index (κ3) is 3.63. The van der Waals surface area contributed by atoms with E-state index in [4.69, 9.17) is 0 Å². The zero-order chi connectivity index (χ0) is 12.0. The number of hydrogen-bond acceptors (Lipinski definition) is 2. The standard InChI is InChI=1S/C13H25N3/c1-5-6-11(2)13(14-3)8-7-12-9-10-15-16(12)4/h9-11,13-14H,5-8H2,1-4H3. The van der Waals surface area contributed by atoms with E-state index >= 15 is 0 Å². The molecule has 3 heteroatoms. The molecule has 0 aliphatic heterocycles. The molecule has 0 aliphatic carbocycles. The van der Waals surface area contributed by atoms with Crippen LogP contribution < -0.4 is 5.32 Å². The number of nitrogens with one attached hydrogen (secondary N) is 1. The fourth-order valence-corrected chi connectivity index (χ4v) is 2.32. The molecular formula is C13H25N3. The lowest BCUT2D eigenvalue weighted by Gasteiger charge is -2.23. The molecule has 0 spiro atoms. The van der Waals surface area contributed by atoms with Crippen LogP contribution in [0.5, 0.6) is 0 Å². The minimum atomic E-state index is 0.620. The maximum atomic E-state index is 4.20. The molecule has 1 aromatic heterocycles. The summed E-state index contributed by atoms with van der Waals surface area (Å²) >= 11 is 0. The van der Waals surface area contributed by atoms with Crippen LogP contribution >= 0.6 is 0 Å². The van der Waals surface area contributed by atoms with E-state index in [0.29, 0.717) is 6.04 Å². The third-order valence-corrected chi connectivity index (χ3v) is 3.44. The highest BCUT2D eigenvalue weighted by atomic mass is 15.2. The fourth-order valence-electron chi connectivity index (χ4n) is 2.32. The maximum Gasteiger partial charge on any atom is 0.0492 e. The van der Waals surface area contributed by atoms with Crippen LogP contribution in [0.2, 0.25) is 0 Å². The van der Waals surface area contributed by atoms with E-state index in [1.165, 1.54) is 25.0 Å². The fraction of sp³-hybridized carbons (Fsp3) is 0.769. The summed E-state index contributed by atoms with van der Waals surface area (Å²) in [7, 11) is 4.08. The first-order chi connectivity index (χ1) is 7.69. The molecule has 3 nitrogen and oxygen atoms in total. The Morgan fingerprint density at radius 2 is 2.19 bits per heavy atom. The highest BCUT2D eigenvalue weighted by molar-refractivity contribution is 5.00. The smallest absolute Gasteiger partial charge is 0.0492 e. The average molecular weight is 223 g/mol. The molecule has 2 atom stereocenters. The molecule has 1 heterocycles. The van der Waals surface area contributed by atoms with Crippen LogP contribution in [0.15, 0.2) is 12.3 Å². The molecule has 0 radical (unpaired) electrons. The third-order valence-electron chi connectivity index (χ3n) is 3.44. The molecule has 0 fully saturated rings.